The smallest absolute Gasteiger partial charge is 0.407 e. The van der Waals surface area contributed by atoms with Crippen molar-refractivity contribution in [1.82, 2.24) is 5.32 Å². The fraction of sp³-hybridized carbons (Fsp3) is 0.803. The monoisotopic (exact) mass is 1290 g/mol. The summed E-state index contributed by atoms with van der Waals surface area (Å²) in [6.07, 6.45) is 7.65. The van der Waals surface area contributed by atoms with Crippen LogP contribution in [0.25, 0.3) is 0 Å². The zero-order valence-electron chi connectivity index (χ0n) is 57.7. The molecule has 0 radical (unpaired) electrons. The van der Waals surface area contributed by atoms with Crippen LogP contribution in [-0.4, -0.2) is 153 Å². The van der Waals surface area contributed by atoms with Crippen LogP contribution < -0.4 is 5.32 Å². The van der Waals surface area contributed by atoms with Crippen molar-refractivity contribution in [2.24, 2.45) is 64.6 Å². The van der Waals surface area contributed by atoms with E-state index in [1.807, 2.05) is 55.4 Å². The predicted molar refractivity (Wildman–Crippen MR) is 337 cm³/mol. The SMILES string of the molecule is COC(=O)NC1C(C)OC(OC2C/C=C(\C)C3C=CC4C(OC5CC(OC6CCC(OC7CC(C)C(OC8CCC(C)C(C)O8)C(C)O7)C(C)O6)C(C(=O)OC)C(C)O5)C(C)CC(C)C4C3(C)C(=O)C3=C(C)C4(CC(C)=CC(C)C4C=C2C)OC3=O)CC1(C)[N+](=O)[O-]. The number of rotatable bonds is 13. The lowest BCUT2D eigenvalue weighted by molar-refractivity contribution is -0.584. The van der Waals surface area contributed by atoms with Crippen LogP contribution >= 0.6 is 0 Å². The van der Waals surface area contributed by atoms with Crippen LogP contribution in [0.2, 0.25) is 0 Å². The molecule has 21 heteroatoms. The number of allylic oxidation sites excluding steroid dienone is 3. The number of amides is 1. The zero-order valence-corrected chi connectivity index (χ0v) is 57.7. The van der Waals surface area contributed by atoms with Gasteiger partial charge >= 0.3 is 18.0 Å². The standard InChI is InChI=1S/C71H106N2O19/c1-34-27-37(4)50-29-38(5)51(87-58-33-69(15,73(78)79)64(47(14)86-58)72-68(77)81-18)23-19-36(3)49-22-21-48-61(70(49,16)65(74)59-42(9)71(50,32-34)92-67(59)76)39(6)28-40(7)63(48)91-57-31-53(60(45(12)84-57)66(75)80-17)89-54-26-24-52(44(11)83-54)88-56-30-41(8)62(46(13)85-56)90-55-25-20-35(2)43(10)82-55/h19,21-22,27,29,35,37,39-41,43-58,60-64H,20,23-26,28,30-33H2,1-18H3,(H,72,77)/b36-19+,38-29?. The lowest BCUT2D eigenvalue weighted by atomic mass is 9.48. The van der Waals surface area contributed by atoms with E-state index in [1.165, 1.54) is 21.1 Å². The van der Waals surface area contributed by atoms with Gasteiger partial charge in [-0.05, 0) is 141 Å². The zero-order chi connectivity index (χ0) is 66.8. The number of ether oxygens (including phenoxy) is 13. The number of nitrogens with one attached hydrogen (secondary N) is 1. The number of carbonyl (C=O) groups excluding carboxylic acids is 4. The first-order valence-corrected chi connectivity index (χ1v) is 34.2. The number of carbonyl (C=O) groups is 4. The minimum atomic E-state index is -1.69. The first kappa shape index (κ1) is 70.4. The number of hydrogen-bond acceptors (Lipinski definition) is 19. The molecular formula is C71H106N2O19. The van der Waals surface area contributed by atoms with Crippen LogP contribution in [0.3, 0.4) is 0 Å². The Labute approximate surface area is 544 Å². The molecule has 0 aromatic heterocycles. The molecular weight excluding hydrogens is 1180 g/mol. The Bertz CT molecular complexity index is 2900. The Hall–Kier alpha value is -4.42. The maximum absolute atomic E-state index is 16.4. The van der Waals surface area contributed by atoms with Gasteiger partial charge in [-0.2, -0.15) is 0 Å². The molecule has 29 unspecified atom stereocenters. The molecule has 6 heterocycles. The summed E-state index contributed by atoms with van der Waals surface area (Å²) in [6, 6.07) is -1.03. The predicted octanol–water partition coefficient (Wildman–Crippen LogP) is 11.4. The van der Waals surface area contributed by atoms with Gasteiger partial charge in [0, 0.05) is 60.7 Å². The topological polar surface area (TPSA) is 243 Å². The van der Waals surface area contributed by atoms with Crippen LogP contribution in [-0.2, 0) is 76.0 Å². The van der Waals surface area contributed by atoms with Gasteiger partial charge in [-0.25, -0.2) is 9.59 Å². The molecule has 4 aliphatic carbocycles. The van der Waals surface area contributed by atoms with E-state index in [0.29, 0.717) is 50.0 Å². The summed E-state index contributed by atoms with van der Waals surface area (Å²) >= 11 is 0. The highest BCUT2D eigenvalue weighted by Gasteiger charge is 2.63. The number of alkyl carbamates (subject to hydrolysis) is 1. The van der Waals surface area contributed by atoms with Crippen molar-refractivity contribution in [3.63, 3.8) is 0 Å². The Balaban J connectivity index is 0.897. The third-order valence-electron chi connectivity index (χ3n) is 23.3. The van der Waals surface area contributed by atoms with Crippen molar-refractivity contribution >= 4 is 23.8 Å². The second-order valence-corrected chi connectivity index (χ2v) is 29.8. The van der Waals surface area contributed by atoms with Gasteiger partial charge in [0.05, 0.1) is 81.7 Å². The van der Waals surface area contributed by atoms with E-state index in [1.54, 1.807) is 6.92 Å². The van der Waals surface area contributed by atoms with Crippen molar-refractivity contribution in [1.29, 1.82) is 0 Å². The number of ketones is 1. The van der Waals surface area contributed by atoms with Gasteiger partial charge in [-0.15, -0.1) is 0 Å². The van der Waals surface area contributed by atoms with Gasteiger partial charge in [0.1, 0.15) is 23.1 Å². The van der Waals surface area contributed by atoms with E-state index >= 15 is 4.79 Å². The average molecular weight is 1290 g/mol. The summed E-state index contributed by atoms with van der Waals surface area (Å²) in [5.41, 5.74) is -0.701. The summed E-state index contributed by atoms with van der Waals surface area (Å²) in [6.45, 7) is 31.9. The van der Waals surface area contributed by atoms with E-state index in [-0.39, 0.29) is 96.5 Å². The summed E-state index contributed by atoms with van der Waals surface area (Å²) < 4.78 is 83.6. The molecule has 514 valence electrons. The summed E-state index contributed by atoms with van der Waals surface area (Å²) in [4.78, 5) is 70.2. The van der Waals surface area contributed by atoms with E-state index in [9.17, 15) is 24.5 Å². The van der Waals surface area contributed by atoms with Gasteiger partial charge < -0.3 is 66.9 Å². The largest absolute Gasteiger partial charge is 0.469 e. The molecule has 29 atom stereocenters. The normalized spacial score (nSPS) is 47.3. The Kier molecular flexibility index (Phi) is 21.4. The van der Waals surface area contributed by atoms with Crippen molar-refractivity contribution in [2.45, 2.75) is 285 Å². The Morgan fingerprint density at radius 1 is 0.641 bits per heavy atom. The second-order valence-electron chi connectivity index (χ2n) is 29.8. The summed E-state index contributed by atoms with van der Waals surface area (Å²) in [5.74, 6) is -3.25. The van der Waals surface area contributed by atoms with Crippen LogP contribution in [0.1, 0.15) is 175 Å². The van der Waals surface area contributed by atoms with Crippen LogP contribution in [0.15, 0.2) is 58.2 Å². The lowest BCUT2D eigenvalue weighted by Gasteiger charge is -2.56. The van der Waals surface area contributed by atoms with E-state index in [0.717, 1.165) is 29.6 Å². The first-order valence-electron chi connectivity index (χ1n) is 34.2. The van der Waals surface area contributed by atoms with E-state index in [2.05, 4.69) is 77.2 Å². The highest BCUT2D eigenvalue weighted by atomic mass is 16.7. The van der Waals surface area contributed by atoms with Crippen LogP contribution in [0.5, 0.6) is 0 Å². The fourth-order valence-corrected chi connectivity index (χ4v) is 18.2. The maximum Gasteiger partial charge on any atom is 0.407 e. The third kappa shape index (κ3) is 13.5. The fourth-order valence-electron chi connectivity index (χ4n) is 18.2. The maximum atomic E-state index is 16.4. The van der Waals surface area contributed by atoms with Crippen molar-refractivity contribution in [3.05, 3.63) is 68.4 Å². The summed E-state index contributed by atoms with van der Waals surface area (Å²) in [5, 5.41) is 15.6. The quantitative estimate of drug-likeness (QED) is 0.0450. The number of fused-ring (bicyclic) bond motifs is 3. The Morgan fingerprint density at radius 3 is 1.95 bits per heavy atom. The number of Topliss-reactive ketones (excluding diaryl/α,β-unsaturated/α-hetero) is 1. The molecule has 5 saturated heterocycles. The molecule has 1 spiro atoms. The van der Waals surface area contributed by atoms with Gasteiger partial charge in [0.25, 0.3) is 0 Å². The molecule has 21 nitrogen and oxygen atoms in total. The molecule has 92 heavy (non-hydrogen) atoms. The molecule has 6 fully saturated rings. The average Bonchev–Trinajstić information content (AvgIpc) is 1.31. The second kappa shape index (κ2) is 28.0. The summed E-state index contributed by atoms with van der Waals surface area (Å²) in [7, 11) is 2.57. The first-order chi connectivity index (χ1) is 43.4. The molecule has 1 N–H and O–H groups in total. The van der Waals surface area contributed by atoms with Crippen LogP contribution in [0, 0.1) is 74.7 Å². The third-order valence-corrected chi connectivity index (χ3v) is 23.3. The minimum Gasteiger partial charge on any atom is -0.469 e. The van der Waals surface area contributed by atoms with Gasteiger partial charge in [-0.3, -0.25) is 19.7 Å². The number of methoxy groups -OCH3 is 2. The minimum absolute atomic E-state index is 0.00919. The van der Waals surface area contributed by atoms with Crippen molar-refractivity contribution in [2.75, 3.05) is 14.2 Å². The molecule has 10 rings (SSSR count). The Morgan fingerprint density at radius 2 is 1.27 bits per heavy atom. The highest BCUT2D eigenvalue weighted by molar-refractivity contribution is 6.22. The molecule has 0 aromatic carbocycles. The number of nitro groups is 1. The molecule has 1 amide bonds. The van der Waals surface area contributed by atoms with Crippen LogP contribution in [0.4, 0.5) is 4.79 Å². The van der Waals surface area contributed by atoms with Crippen molar-refractivity contribution in [3.8, 4) is 0 Å². The molecule has 0 aromatic rings. The number of hydrogen-bond donors (Lipinski definition) is 1. The molecule has 1 saturated carbocycles. The molecule has 6 aliphatic heterocycles. The lowest BCUT2D eigenvalue weighted by Crippen LogP contribution is -2.65. The van der Waals surface area contributed by atoms with E-state index in [4.69, 9.17) is 61.6 Å². The number of nitrogens with zero attached hydrogens (tertiary/aromatic N) is 1. The van der Waals surface area contributed by atoms with Gasteiger partial charge in [0.15, 0.2) is 37.2 Å². The molecule has 10 aliphatic rings. The molecule has 2 bridgehead atoms. The number of esters is 2. The van der Waals surface area contributed by atoms with E-state index < -0.39 is 119 Å². The highest BCUT2D eigenvalue weighted by Crippen LogP contribution is 2.60. The van der Waals surface area contributed by atoms with Gasteiger partial charge in [0.2, 0.25) is 5.54 Å². The van der Waals surface area contributed by atoms with Gasteiger partial charge in [-0.1, -0.05) is 83.1 Å². The van der Waals surface area contributed by atoms with Crippen molar-refractivity contribution < 1.29 is 85.7 Å².